The van der Waals surface area contributed by atoms with Crippen molar-refractivity contribution in [1.82, 2.24) is 0 Å². The number of hydrogen-bond acceptors (Lipinski definition) is 2. The standard InChI is InChI=1S/C13H11BrFNO/c14-10-2-1-3-12(7-10)17-13-5-4-11(15)6-9(13)8-16/h1-7H,8,16H2. The van der Waals surface area contributed by atoms with Crippen molar-refractivity contribution < 1.29 is 9.13 Å². The van der Waals surface area contributed by atoms with E-state index in [-0.39, 0.29) is 12.4 Å². The van der Waals surface area contributed by atoms with Crippen LogP contribution in [0.4, 0.5) is 4.39 Å². The van der Waals surface area contributed by atoms with Crippen LogP contribution in [0.15, 0.2) is 46.9 Å². The SMILES string of the molecule is NCc1cc(F)ccc1Oc1cccc(Br)c1. The van der Waals surface area contributed by atoms with Gasteiger partial charge in [-0.1, -0.05) is 22.0 Å². The van der Waals surface area contributed by atoms with Crippen molar-refractivity contribution in [3.63, 3.8) is 0 Å². The van der Waals surface area contributed by atoms with Crippen molar-refractivity contribution in [2.45, 2.75) is 6.54 Å². The molecular formula is C13H11BrFNO. The molecule has 0 aliphatic carbocycles. The summed E-state index contributed by atoms with van der Waals surface area (Å²) in [6, 6.07) is 11.8. The van der Waals surface area contributed by atoms with Gasteiger partial charge in [-0.25, -0.2) is 4.39 Å². The van der Waals surface area contributed by atoms with Crippen LogP contribution in [0.3, 0.4) is 0 Å². The van der Waals surface area contributed by atoms with Gasteiger partial charge in [0.15, 0.2) is 0 Å². The fourth-order valence-electron chi connectivity index (χ4n) is 1.46. The van der Waals surface area contributed by atoms with Crippen LogP contribution in [0.5, 0.6) is 11.5 Å². The number of benzene rings is 2. The highest BCUT2D eigenvalue weighted by Crippen LogP contribution is 2.27. The van der Waals surface area contributed by atoms with Crippen molar-refractivity contribution in [1.29, 1.82) is 0 Å². The van der Waals surface area contributed by atoms with Gasteiger partial charge < -0.3 is 10.5 Å². The van der Waals surface area contributed by atoms with E-state index >= 15 is 0 Å². The van der Waals surface area contributed by atoms with E-state index in [0.717, 1.165) is 4.47 Å². The Balaban J connectivity index is 2.29. The lowest BCUT2D eigenvalue weighted by Gasteiger charge is -2.10. The molecule has 0 atom stereocenters. The topological polar surface area (TPSA) is 35.2 Å². The molecule has 0 aromatic heterocycles. The molecule has 0 amide bonds. The Morgan fingerprint density at radius 3 is 2.71 bits per heavy atom. The zero-order valence-electron chi connectivity index (χ0n) is 8.99. The first kappa shape index (κ1) is 12.1. The zero-order chi connectivity index (χ0) is 12.3. The number of ether oxygens (including phenoxy) is 1. The van der Waals surface area contributed by atoms with Gasteiger partial charge in [-0.05, 0) is 36.4 Å². The summed E-state index contributed by atoms with van der Waals surface area (Å²) >= 11 is 3.36. The van der Waals surface area contributed by atoms with Crippen LogP contribution in [0, 0.1) is 5.82 Å². The van der Waals surface area contributed by atoms with Crippen molar-refractivity contribution in [2.75, 3.05) is 0 Å². The van der Waals surface area contributed by atoms with Crippen LogP contribution in [0.2, 0.25) is 0 Å². The summed E-state index contributed by atoms with van der Waals surface area (Å²) in [6.07, 6.45) is 0. The first-order valence-corrected chi connectivity index (χ1v) is 5.90. The molecule has 2 rings (SSSR count). The predicted octanol–water partition coefficient (Wildman–Crippen LogP) is 3.84. The quantitative estimate of drug-likeness (QED) is 0.934. The highest BCUT2D eigenvalue weighted by atomic mass is 79.9. The summed E-state index contributed by atoms with van der Waals surface area (Å²) in [4.78, 5) is 0. The first-order chi connectivity index (χ1) is 8.19. The average Bonchev–Trinajstić information content (AvgIpc) is 2.31. The molecule has 2 nitrogen and oxygen atoms in total. The largest absolute Gasteiger partial charge is 0.457 e. The van der Waals surface area contributed by atoms with Crippen LogP contribution < -0.4 is 10.5 Å². The lowest BCUT2D eigenvalue weighted by Crippen LogP contribution is -2.00. The van der Waals surface area contributed by atoms with Crippen molar-refractivity contribution >= 4 is 15.9 Å². The first-order valence-electron chi connectivity index (χ1n) is 5.11. The second-order valence-corrected chi connectivity index (χ2v) is 4.43. The van der Waals surface area contributed by atoms with E-state index in [1.165, 1.54) is 12.1 Å². The molecular weight excluding hydrogens is 285 g/mol. The number of nitrogens with two attached hydrogens (primary N) is 1. The molecule has 2 N–H and O–H groups in total. The maximum atomic E-state index is 13.0. The highest BCUT2D eigenvalue weighted by Gasteiger charge is 2.05. The molecule has 0 saturated carbocycles. The van der Waals surface area contributed by atoms with Gasteiger partial charge in [0, 0.05) is 16.6 Å². The van der Waals surface area contributed by atoms with Gasteiger partial charge >= 0.3 is 0 Å². The molecule has 88 valence electrons. The van der Waals surface area contributed by atoms with Gasteiger partial charge in [0.2, 0.25) is 0 Å². The van der Waals surface area contributed by atoms with Crippen LogP contribution in [0.1, 0.15) is 5.56 Å². The Bertz CT molecular complexity index is 531. The summed E-state index contributed by atoms with van der Waals surface area (Å²) in [5.41, 5.74) is 6.19. The average molecular weight is 296 g/mol. The molecule has 0 radical (unpaired) electrons. The molecule has 0 heterocycles. The van der Waals surface area contributed by atoms with Gasteiger partial charge in [0.25, 0.3) is 0 Å². The third kappa shape index (κ3) is 3.05. The minimum atomic E-state index is -0.313. The zero-order valence-corrected chi connectivity index (χ0v) is 10.6. The summed E-state index contributed by atoms with van der Waals surface area (Å²) in [5.74, 6) is 0.944. The third-order valence-electron chi connectivity index (χ3n) is 2.27. The maximum Gasteiger partial charge on any atom is 0.132 e. The van der Waals surface area contributed by atoms with Gasteiger partial charge in [0.1, 0.15) is 17.3 Å². The Morgan fingerprint density at radius 2 is 2.00 bits per heavy atom. The van der Waals surface area contributed by atoms with Crippen molar-refractivity contribution in [3.8, 4) is 11.5 Å². The van der Waals surface area contributed by atoms with Crippen molar-refractivity contribution in [2.24, 2.45) is 5.73 Å². The summed E-state index contributed by atoms with van der Waals surface area (Å²) in [5, 5.41) is 0. The lowest BCUT2D eigenvalue weighted by atomic mass is 10.2. The minimum Gasteiger partial charge on any atom is -0.457 e. The second-order valence-electron chi connectivity index (χ2n) is 3.52. The van der Waals surface area contributed by atoms with Crippen LogP contribution in [0.25, 0.3) is 0 Å². The normalized spacial score (nSPS) is 10.3. The van der Waals surface area contributed by atoms with Crippen LogP contribution in [-0.2, 0) is 6.54 Å². The van der Waals surface area contributed by atoms with Gasteiger partial charge in [-0.2, -0.15) is 0 Å². The summed E-state index contributed by atoms with van der Waals surface area (Å²) in [7, 11) is 0. The molecule has 2 aromatic carbocycles. The Kier molecular flexibility index (Phi) is 3.76. The van der Waals surface area contributed by atoms with E-state index in [4.69, 9.17) is 10.5 Å². The number of halogens is 2. The van der Waals surface area contributed by atoms with E-state index in [9.17, 15) is 4.39 Å². The van der Waals surface area contributed by atoms with Crippen molar-refractivity contribution in [3.05, 3.63) is 58.3 Å². The minimum absolute atomic E-state index is 0.237. The van der Waals surface area contributed by atoms with E-state index in [2.05, 4.69) is 15.9 Å². The van der Waals surface area contributed by atoms with Gasteiger partial charge in [-0.15, -0.1) is 0 Å². The molecule has 0 aliphatic heterocycles. The molecule has 0 saturated heterocycles. The van der Waals surface area contributed by atoms with Crippen LogP contribution in [-0.4, -0.2) is 0 Å². The molecule has 0 unspecified atom stereocenters. The third-order valence-corrected chi connectivity index (χ3v) is 2.76. The van der Waals surface area contributed by atoms with Gasteiger partial charge in [-0.3, -0.25) is 0 Å². The van der Waals surface area contributed by atoms with Gasteiger partial charge in [0.05, 0.1) is 0 Å². The van der Waals surface area contributed by atoms with E-state index < -0.39 is 0 Å². The Hall–Kier alpha value is -1.39. The van der Waals surface area contributed by atoms with E-state index in [0.29, 0.717) is 17.1 Å². The smallest absolute Gasteiger partial charge is 0.132 e. The molecule has 0 aliphatic rings. The summed E-state index contributed by atoms with van der Waals surface area (Å²) < 4.78 is 19.6. The fourth-order valence-corrected chi connectivity index (χ4v) is 1.84. The molecule has 0 fully saturated rings. The molecule has 17 heavy (non-hydrogen) atoms. The summed E-state index contributed by atoms with van der Waals surface area (Å²) in [6.45, 7) is 0.237. The number of rotatable bonds is 3. The van der Waals surface area contributed by atoms with Crippen LogP contribution >= 0.6 is 15.9 Å². The van der Waals surface area contributed by atoms with E-state index in [1.807, 2.05) is 24.3 Å². The maximum absolute atomic E-state index is 13.0. The second kappa shape index (κ2) is 5.29. The fraction of sp³-hybridized carbons (Fsp3) is 0.0769. The monoisotopic (exact) mass is 295 g/mol. The molecule has 0 bridgehead atoms. The molecule has 4 heteroatoms. The lowest BCUT2D eigenvalue weighted by molar-refractivity contribution is 0.473. The Labute approximate surface area is 107 Å². The predicted molar refractivity (Wildman–Crippen MR) is 68.5 cm³/mol. The van der Waals surface area contributed by atoms with E-state index in [1.54, 1.807) is 6.07 Å². The molecule has 0 spiro atoms. The highest BCUT2D eigenvalue weighted by molar-refractivity contribution is 9.10. The number of hydrogen-bond donors (Lipinski definition) is 1. The molecule has 2 aromatic rings. The Morgan fingerprint density at radius 1 is 1.18 bits per heavy atom.